The Labute approximate surface area is 124 Å². The highest BCUT2D eigenvalue weighted by atomic mass is 32.2. The minimum atomic E-state index is -3.84. The van der Waals surface area contributed by atoms with Gasteiger partial charge in [0.25, 0.3) is 0 Å². The second-order valence-corrected chi connectivity index (χ2v) is 6.63. The van der Waals surface area contributed by atoms with Crippen LogP contribution in [0.4, 0.5) is 14.5 Å². The van der Waals surface area contributed by atoms with Crippen molar-refractivity contribution < 1.29 is 31.9 Å². The number of carbonyl (C=O) groups is 2. The number of halogens is 2. The van der Waals surface area contributed by atoms with Crippen molar-refractivity contribution in [2.75, 3.05) is 17.2 Å². The van der Waals surface area contributed by atoms with Gasteiger partial charge in [0.2, 0.25) is 15.9 Å². The molecule has 1 aliphatic heterocycles. The summed E-state index contributed by atoms with van der Waals surface area (Å²) in [6.45, 7) is -0.254. The minimum Gasteiger partial charge on any atom is -0.478 e. The van der Waals surface area contributed by atoms with Crippen molar-refractivity contribution in [3.63, 3.8) is 0 Å². The number of carbonyl (C=O) groups excluding carboxylic acids is 1. The monoisotopic (exact) mass is 334 g/mol. The second-order valence-electron chi connectivity index (χ2n) is 4.97. The maximum atomic E-state index is 13.9. The summed E-state index contributed by atoms with van der Waals surface area (Å²) >= 11 is 0. The smallest absolute Gasteiger partial charge is 0.337 e. The number of carboxylic acid groups (broad SMARTS) is 1. The number of primary sulfonamides is 1. The SMILES string of the molecule is NS(=O)(=O)CC1CC(=O)N(c2c(C(=O)O)ccc(F)c2F)C1. The molecule has 1 aromatic carbocycles. The van der Waals surface area contributed by atoms with Crippen LogP contribution in [0.2, 0.25) is 0 Å². The normalized spacial score (nSPS) is 18.8. The molecule has 0 radical (unpaired) electrons. The van der Waals surface area contributed by atoms with E-state index in [0.29, 0.717) is 6.07 Å². The van der Waals surface area contributed by atoms with Crippen LogP contribution in [0.1, 0.15) is 16.8 Å². The fraction of sp³-hybridized carbons (Fsp3) is 0.333. The maximum Gasteiger partial charge on any atom is 0.337 e. The highest BCUT2D eigenvalue weighted by molar-refractivity contribution is 7.89. The first kappa shape index (κ1) is 16.3. The van der Waals surface area contributed by atoms with Crippen LogP contribution in [0, 0.1) is 17.6 Å². The van der Waals surface area contributed by atoms with Gasteiger partial charge >= 0.3 is 5.97 Å². The van der Waals surface area contributed by atoms with Gasteiger partial charge in [-0.3, -0.25) is 4.79 Å². The zero-order valence-electron chi connectivity index (χ0n) is 11.1. The predicted molar refractivity (Wildman–Crippen MR) is 71.8 cm³/mol. The number of carboxylic acids is 1. The lowest BCUT2D eigenvalue weighted by Crippen LogP contribution is -2.29. The topological polar surface area (TPSA) is 118 Å². The van der Waals surface area contributed by atoms with E-state index in [1.165, 1.54) is 0 Å². The Morgan fingerprint density at radius 3 is 2.59 bits per heavy atom. The van der Waals surface area contributed by atoms with Crippen LogP contribution in [0.15, 0.2) is 12.1 Å². The van der Waals surface area contributed by atoms with E-state index < -0.39 is 56.5 Å². The number of amides is 1. The van der Waals surface area contributed by atoms with Crippen molar-refractivity contribution in [1.82, 2.24) is 0 Å². The van der Waals surface area contributed by atoms with E-state index in [1.54, 1.807) is 0 Å². The lowest BCUT2D eigenvalue weighted by Gasteiger charge is -2.19. The third-order valence-electron chi connectivity index (χ3n) is 3.24. The highest BCUT2D eigenvalue weighted by Crippen LogP contribution is 2.32. The summed E-state index contributed by atoms with van der Waals surface area (Å²) in [5.41, 5.74) is -1.28. The Morgan fingerprint density at radius 2 is 2.05 bits per heavy atom. The number of hydrogen-bond acceptors (Lipinski definition) is 4. The molecule has 0 saturated carbocycles. The van der Waals surface area contributed by atoms with Crippen molar-refractivity contribution in [2.24, 2.45) is 11.1 Å². The molecule has 0 aliphatic carbocycles. The van der Waals surface area contributed by atoms with Crippen LogP contribution in [-0.2, 0) is 14.8 Å². The first-order chi connectivity index (χ1) is 10.1. The Hall–Kier alpha value is -2.07. The molecule has 10 heteroatoms. The van der Waals surface area contributed by atoms with Crippen LogP contribution < -0.4 is 10.0 Å². The Kier molecular flexibility index (Phi) is 4.16. The number of nitrogens with two attached hydrogens (primary N) is 1. The fourth-order valence-corrected chi connectivity index (χ4v) is 3.29. The van der Waals surface area contributed by atoms with Gasteiger partial charge in [-0.1, -0.05) is 0 Å². The lowest BCUT2D eigenvalue weighted by atomic mass is 10.1. The molecule has 3 N–H and O–H groups in total. The van der Waals surface area contributed by atoms with Gasteiger partial charge in [0, 0.05) is 18.9 Å². The third-order valence-corrected chi connectivity index (χ3v) is 4.18. The first-order valence-electron chi connectivity index (χ1n) is 6.12. The summed E-state index contributed by atoms with van der Waals surface area (Å²) in [5, 5.41) is 13.9. The van der Waals surface area contributed by atoms with Gasteiger partial charge in [0.1, 0.15) is 0 Å². The van der Waals surface area contributed by atoms with Crippen molar-refractivity contribution in [2.45, 2.75) is 6.42 Å². The summed E-state index contributed by atoms with van der Waals surface area (Å²) in [7, 11) is -3.84. The largest absolute Gasteiger partial charge is 0.478 e. The van der Waals surface area contributed by atoms with Gasteiger partial charge in [0.15, 0.2) is 11.6 Å². The van der Waals surface area contributed by atoms with Gasteiger partial charge in [-0.05, 0) is 12.1 Å². The average Bonchev–Trinajstić information content (AvgIpc) is 2.70. The summed E-state index contributed by atoms with van der Waals surface area (Å²) in [6, 6.07) is 1.49. The third kappa shape index (κ3) is 3.22. The minimum absolute atomic E-state index is 0.245. The Morgan fingerprint density at radius 1 is 1.41 bits per heavy atom. The van der Waals surface area contributed by atoms with E-state index in [0.717, 1.165) is 11.0 Å². The number of benzene rings is 1. The second kappa shape index (κ2) is 5.61. The number of anilines is 1. The Bertz CT molecular complexity index is 750. The van der Waals surface area contributed by atoms with Gasteiger partial charge in [0.05, 0.1) is 17.0 Å². The molecule has 1 aliphatic rings. The van der Waals surface area contributed by atoms with Gasteiger partial charge < -0.3 is 10.0 Å². The highest BCUT2D eigenvalue weighted by Gasteiger charge is 2.36. The van der Waals surface area contributed by atoms with Crippen LogP contribution in [0.5, 0.6) is 0 Å². The van der Waals surface area contributed by atoms with Crippen molar-refractivity contribution >= 4 is 27.6 Å². The van der Waals surface area contributed by atoms with Gasteiger partial charge in [-0.15, -0.1) is 0 Å². The molecule has 1 saturated heterocycles. The van der Waals surface area contributed by atoms with Crippen LogP contribution >= 0.6 is 0 Å². The molecule has 0 aromatic heterocycles. The molecular weight excluding hydrogens is 322 g/mol. The van der Waals surface area contributed by atoms with Crippen molar-refractivity contribution in [1.29, 1.82) is 0 Å². The van der Waals surface area contributed by atoms with E-state index in [1.807, 2.05) is 0 Å². The quantitative estimate of drug-likeness (QED) is 0.821. The van der Waals surface area contributed by atoms with Crippen LogP contribution in [0.25, 0.3) is 0 Å². The van der Waals surface area contributed by atoms with Gasteiger partial charge in [-0.2, -0.15) is 0 Å². The van der Waals surface area contributed by atoms with E-state index in [4.69, 9.17) is 10.2 Å². The molecule has 0 bridgehead atoms. The zero-order valence-corrected chi connectivity index (χ0v) is 11.9. The number of sulfonamides is 1. The molecule has 22 heavy (non-hydrogen) atoms. The molecule has 1 fully saturated rings. The number of rotatable bonds is 4. The number of hydrogen-bond donors (Lipinski definition) is 2. The van der Waals surface area contributed by atoms with E-state index in [2.05, 4.69) is 0 Å². The molecule has 0 spiro atoms. The molecule has 2 rings (SSSR count). The Balaban J connectivity index is 2.42. The molecule has 120 valence electrons. The van der Waals surface area contributed by atoms with Crippen LogP contribution in [0.3, 0.4) is 0 Å². The first-order valence-corrected chi connectivity index (χ1v) is 7.84. The standard InChI is InChI=1S/C12H12F2N2O5S/c13-8-2-1-7(12(18)19)11(10(8)14)16-4-6(3-9(16)17)5-22(15,20)21/h1-2,6H,3-5H2,(H,18,19)(H2,15,20,21). The van der Waals surface area contributed by atoms with E-state index >= 15 is 0 Å². The fourth-order valence-electron chi connectivity index (χ4n) is 2.41. The molecule has 1 amide bonds. The number of nitrogens with zero attached hydrogens (tertiary/aromatic N) is 1. The molecule has 7 nitrogen and oxygen atoms in total. The zero-order chi connectivity index (χ0) is 16.7. The summed E-state index contributed by atoms with van der Waals surface area (Å²) in [5.74, 6) is -6.22. The molecule has 1 heterocycles. The summed E-state index contributed by atoms with van der Waals surface area (Å²) in [4.78, 5) is 23.8. The van der Waals surface area contributed by atoms with Crippen molar-refractivity contribution in [3.8, 4) is 0 Å². The molecule has 1 atom stereocenters. The summed E-state index contributed by atoms with van der Waals surface area (Å²) < 4.78 is 49.4. The molecular formula is C12H12F2N2O5S. The summed E-state index contributed by atoms with van der Waals surface area (Å²) in [6.07, 6.45) is -0.245. The van der Waals surface area contributed by atoms with E-state index in [9.17, 15) is 26.8 Å². The maximum absolute atomic E-state index is 13.9. The van der Waals surface area contributed by atoms with Crippen LogP contribution in [-0.4, -0.2) is 37.7 Å². The predicted octanol–water partition coefficient (Wildman–Crippen LogP) is 0.304. The van der Waals surface area contributed by atoms with E-state index in [-0.39, 0.29) is 13.0 Å². The van der Waals surface area contributed by atoms with Gasteiger partial charge in [-0.25, -0.2) is 27.1 Å². The molecule has 1 unspecified atom stereocenters. The lowest BCUT2D eigenvalue weighted by molar-refractivity contribution is -0.117. The number of aromatic carboxylic acids is 1. The van der Waals surface area contributed by atoms with Crippen molar-refractivity contribution in [3.05, 3.63) is 29.3 Å². The molecule has 1 aromatic rings. The average molecular weight is 334 g/mol.